The molecule has 122 valence electrons. The highest BCUT2D eigenvalue weighted by Crippen LogP contribution is 2.38. The highest BCUT2D eigenvalue weighted by atomic mass is 35.5. The van der Waals surface area contributed by atoms with Gasteiger partial charge in [0.1, 0.15) is 4.34 Å². The predicted molar refractivity (Wildman–Crippen MR) is 91.1 cm³/mol. The molecule has 0 bridgehead atoms. The second-order valence-electron chi connectivity index (χ2n) is 5.62. The minimum absolute atomic E-state index is 0.193. The Bertz CT molecular complexity index is 790. The van der Waals surface area contributed by atoms with Crippen molar-refractivity contribution in [2.45, 2.75) is 32.7 Å². The van der Waals surface area contributed by atoms with Crippen molar-refractivity contribution in [3.63, 3.8) is 0 Å². The van der Waals surface area contributed by atoms with Crippen molar-refractivity contribution in [2.24, 2.45) is 0 Å². The Kier molecular flexibility index (Phi) is 4.54. The van der Waals surface area contributed by atoms with E-state index in [4.69, 9.17) is 27.9 Å². The average Bonchev–Trinajstić information content (AvgIpc) is 3.19. The molecule has 0 radical (unpaired) electrons. The summed E-state index contributed by atoms with van der Waals surface area (Å²) in [7, 11) is 0. The highest BCUT2D eigenvalue weighted by Gasteiger charge is 2.28. The normalized spacial score (nSPS) is 14.1. The van der Waals surface area contributed by atoms with Gasteiger partial charge in [-0.25, -0.2) is 4.79 Å². The van der Waals surface area contributed by atoms with Crippen LogP contribution in [0.2, 0.25) is 8.67 Å². The van der Waals surface area contributed by atoms with Gasteiger partial charge in [0.2, 0.25) is 5.78 Å². The largest absolute Gasteiger partial charge is 0.454 e. The molecule has 23 heavy (non-hydrogen) atoms. The van der Waals surface area contributed by atoms with Crippen molar-refractivity contribution in [3.05, 3.63) is 43.3 Å². The summed E-state index contributed by atoms with van der Waals surface area (Å²) in [5, 5.41) is 0. The number of rotatable bonds is 5. The summed E-state index contributed by atoms with van der Waals surface area (Å²) in [6.45, 7) is 3.61. The van der Waals surface area contributed by atoms with Crippen molar-refractivity contribution in [1.29, 1.82) is 0 Å². The molecule has 1 fully saturated rings. The van der Waals surface area contributed by atoms with Gasteiger partial charge in [0, 0.05) is 23.0 Å². The first-order valence-electron chi connectivity index (χ1n) is 7.22. The van der Waals surface area contributed by atoms with Gasteiger partial charge in [0.15, 0.2) is 6.61 Å². The fourth-order valence-corrected chi connectivity index (χ4v) is 4.16. The Labute approximate surface area is 148 Å². The zero-order valence-electron chi connectivity index (χ0n) is 12.7. The van der Waals surface area contributed by atoms with E-state index in [2.05, 4.69) is 4.57 Å². The Morgan fingerprint density at radius 3 is 2.52 bits per heavy atom. The molecule has 0 aliphatic heterocycles. The van der Waals surface area contributed by atoms with Crippen LogP contribution in [0.5, 0.6) is 0 Å². The number of Topliss-reactive ketones (excluding diaryl/α,β-unsaturated/α-hetero) is 1. The van der Waals surface area contributed by atoms with Crippen LogP contribution in [-0.4, -0.2) is 22.9 Å². The van der Waals surface area contributed by atoms with Crippen LogP contribution in [0.25, 0.3) is 0 Å². The Morgan fingerprint density at radius 2 is 1.96 bits per heavy atom. The molecule has 2 aromatic rings. The lowest BCUT2D eigenvalue weighted by molar-refractivity contribution is 0.0475. The molecular weight excluding hydrogens is 357 g/mol. The number of hydrogen-bond donors (Lipinski definition) is 0. The summed E-state index contributed by atoms with van der Waals surface area (Å²) < 4.78 is 7.94. The second kappa shape index (κ2) is 6.30. The molecule has 0 spiro atoms. The van der Waals surface area contributed by atoms with E-state index in [1.165, 1.54) is 6.07 Å². The minimum Gasteiger partial charge on any atom is -0.454 e. The Balaban J connectivity index is 1.69. The van der Waals surface area contributed by atoms with Gasteiger partial charge < -0.3 is 9.30 Å². The quantitative estimate of drug-likeness (QED) is 0.557. The number of thiophene rings is 1. The third-order valence-corrected chi connectivity index (χ3v) is 5.40. The first-order chi connectivity index (χ1) is 10.9. The highest BCUT2D eigenvalue weighted by molar-refractivity contribution is 7.20. The molecule has 1 aliphatic rings. The molecule has 0 N–H and O–H groups in total. The van der Waals surface area contributed by atoms with E-state index < -0.39 is 5.97 Å². The smallest absolute Gasteiger partial charge is 0.341 e. The lowest BCUT2D eigenvalue weighted by Gasteiger charge is -2.07. The lowest BCUT2D eigenvalue weighted by Crippen LogP contribution is -2.15. The number of ketones is 1. The van der Waals surface area contributed by atoms with Crippen LogP contribution in [0.4, 0.5) is 0 Å². The van der Waals surface area contributed by atoms with Crippen LogP contribution < -0.4 is 0 Å². The fraction of sp³-hybridized carbons (Fsp3) is 0.375. The van der Waals surface area contributed by atoms with Crippen molar-refractivity contribution in [2.75, 3.05) is 6.61 Å². The zero-order valence-corrected chi connectivity index (χ0v) is 15.0. The van der Waals surface area contributed by atoms with E-state index in [-0.39, 0.29) is 22.3 Å². The van der Waals surface area contributed by atoms with Crippen molar-refractivity contribution in [3.8, 4) is 0 Å². The third kappa shape index (κ3) is 3.32. The van der Waals surface area contributed by atoms with Crippen LogP contribution in [0, 0.1) is 13.8 Å². The van der Waals surface area contributed by atoms with Crippen molar-refractivity contribution in [1.82, 2.24) is 4.57 Å². The molecule has 0 amide bonds. The number of nitrogens with zero attached hydrogens (tertiary/aromatic N) is 1. The average molecular weight is 372 g/mol. The van der Waals surface area contributed by atoms with E-state index in [0.717, 1.165) is 35.6 Å². The molecule has 0 unspecified atom stereocenters. The fourth-order valence-electron chi connectivity index (χ4n) is 2.72. The van der Waals surface area contributed by atoms with Crippen LogP contribution >= 0.6 is 34.5 Å². The van der Waals surface area contributed by atoms with Crippen LogP contribution in [0.1, 0.15) is 51.0 Å². The Hall–Kier alpha value is -1.30. The van der Waals surface area contributed by atoms with E-state index in [1.54, 1.807) is 0 Å². The maximum Gasteiger partial charge on any atom is 0.341 e. The summed E-state index contributed by atoms with van der Waals surface area (Å²) in [5.74, 6) is -0.849. The van der Waals surface area contributed by atoms with Gasteiger partial charge in [-0.05, 0) is 38.8 Å². The van der Waals surface area contributed by atoms with Crippen LogP contribution in [-0.2, 0) is 4.74 Å². The number of aromatic nitrogens is 1. The number of hydrogen-bond acceptors (Lipinski definition) is 4. The van der Waals surface area contributed by atoms with Gasteiger partial charge in [0.05, 0.1) is 9.90 Å². The topological polar surface area (TPSA) is 48.3 Å². The van der Waals surface area contributed by atoms with Gasteiger partial charge in [-0.2, -0.15) is 0 Å². The number of halogens is 2. The monoisotopic (exact) mass is 371 g/mol. The maximum atomic E-state index is 12.4. The summed E-state index contributed by atoms with van der Waals surface area (Å²) in [6, 6.07) is 3.81. The van der Waals surface area contributed by atoms with Crippen molar-refractivity contribution >= 4 is 46.3 Å². The number of esters is 1. The number of aryl methyl sites for hydroxylation is 1. The van der Waals surface area contributed by atoms with E-state index in [1.807, 2.05) is 19.9 Å². The molecule has 0 saturated heterocycles. The molecule has 3 rings (SSSR count). The number of carbonyl (C=O) groups excluding carboxylic acids is 2. The standard InChI is InChI=1S/C16H15Cl2NO3S/c1-8-5-11(9(2)19(8)10-3-4-10)13(20)7-22-16(21)12-6-14(17)23-15(12)18/h5-6,10H,3-4,7H2,1-2H3. The first kappa shape index (κ1) is 16.6. The molecule has 4 nitrogen and oxygen atoms in total. The van der Waals surface area contributed by atoms with E-state index in [9.17, 15) is 9.59 Å². The molecule has 1 aliphatic carbocycles. The summed E-state index contributed by atoms with van der Waals surface area (Å²) >= 11 is 12.8. The third-order valence-electron chi connectivity index (χ3n) is 3.91. The SMILES string of the molecule is Cc1cc(C(=O)COC(=O)c2cc(Cl)sc2Cl)c(C)n1C1CC1. The molecule has 0 aromatic carbocycles. The molecule has 7 heteroatoms. The van der Waals surface area contributed by atoms with Gasteiger partial charge in [-0.15, -0.1) is 11.3 Å². The predicted octanol–water partition coefficient (Wildman–Crippen LogP) is 4.85. The number of ether oxygens (including phenoxy) is 1. The second-order valence-corrected chi connectivity index (χ2v) is 7.91. The van der Waals surface area contributed by atoms with Gasteiger partial charge in [-0.3, -0.25) is 4.79 Å². The minimum atomic E-state index is -0.637. The molecule has 1 saturated carbocycles. The van der Waals surface area contributed by atoms with Crippen LogP contribution in [0.15, 0.2) is 12.1 Å². The first-order valence-corrected chi connectivity index (χ1v) is 8.79. The molecule has 0 atom stereocenters. The molecular formula is C16H15Cl2NO3S. The number of carbonyl (C=O) groups is 2. The van der Waals surface area contributed by atoms with Gasteiger partial charge in [0.25, 0.3) is 0 Å². The van der Waals surface area contributed by atoms with E-state index in [0.29, 0.717) is 15.9 Å². The van der Waals surface area contributed by atoms with E-state index >= 15 is 0 Å². The van der Waals surface area contributed by atoms with Gasteiger partial charge in [-0.1, -0.05) is 23.2 Å². The maximum absolute atomic E-state index is 12.4. The Morgan fingerprint density at radius 1 is 1.26 bits per heavy atom. The lowest BCUT2D eigenvalue weighted by atomic mass is 10.1. The summed E-state index contributed by atoms with van der Waals surface area (Å²) in [6.07, 6.45) is 2.30. The molecule has 2 heterocycles. The van der Waals surface area contributed by atoms with Crippen molar-refractivity contribution < 1.29 is 14.3 Å². The molecule has 2 aromatic heterocycles. The van der Waals surface area contributed by atoms with Gasteiger partial charge >= 0.3 is 5.97 Å². The van der Waals surface area contributed by atoms with Crippen LogP contribution in [0.3, 0.4) is 0 Å². The zero-order chi connectivity index (χ0) is 16.7. The summed E-state index contributed by atoms with van der Waals surface area (Å²) in [4.78, 5) is 24.3. The summed E-state index contributed by atoms with van der Waals surface area (Å²) in [5.41, 5.74) is 2.80.